The first-order valence-electron chi connectivity index (χ1n) is 17.1. The minimum Gasteiger partial charge on any atom is -0.264 e. The third-order valence-corrected chi connectivity index (χ3v) is 9.72. The molecular formula is C47H33N3. The summed E-state index contributed by atoms with van der Waals surface area (Å²) in [5.74, 6) is 0.901. The summed E-state index contributed by atoms with van der Waals surface area (Å²) in [6, 6.07) is 53.5. The molecule has 8 aromatic rings. The zero-order chi connectivity index (χ0) is 33.3. The zero-order valence-corrected chi connectivity index (χ0v) is 27.4. The Kier molecular flexibility index (Phi) is 7.64. The van der Waals surface area contributed by atoms with Crippen LogP contribution in [-0.4, -0.2) is 15.0 Å². The Labute approximate surface area is 292 Å². The summed E-state index contributed by atoms with van der Waals surface area (Å²) in [5.41, 5.74) is 10.9. The molecule has 1 atom stereocenters. The molecule has 2 heterocycles. The fourth-order valence-electron chi connectivity index (χ4n) is 7.12. The first-order valence-corrected chi connectivity index (χ1v) is 17.1. The number of hydrogen-bond acceptors (Lipinski definition) is 3. The highest BCUT2D eigenvalue weighted by Crippen LogP contribution is 2.36. The molecule has 0 N–H and O–H groups in total. The van der Waals surface area contributed by atoms with Crippen molar-refractivity contribution < 1.29 is 0 Å². The summed E-state index contributed by atoms with van der Waals surface area (Å²) in [5, 5.41) is 4.88. The normalized spacial score (nSPS) is 14.2. The zero-order valence-electron chi connectivity index (χ0n) is 27.4. The minimum atomic E-state index is 0.195. The Balaban J connectivity index is 1.13. The molecule has 0 saturated carbocycles. The van der Waals surface area contributed by atoms with Crippen molar-refractivity contribution in [3.05, 3.63) is 194 Å². The van der Waals surface area contributed by atoms with E-state index in [9.17, 15) is 0 Å². The second kappa shape index (κ2) is 12.9. The molecule has 0 spiro atoms. The maximum absolute atomic E-state index is 5.21. The van der Waals surface area contributed by atoms with Crippen molar-refractivity contribution in [1.82, 2.24) is 15.0 Å². The Morgan fingerprint density at radius 2 is 1.12 bits per heavy atom. The number of hydrogen-bond donors (Lipinski definition) is 0. The highest BCUT2D eigenvalue weighted by atomic mass is 14.9. The summed E-state index contributed by atoms with van der Waals surface area (Å²) in [6.45, 7) is 0. The van der Waals surface area contributed by atoms with Crippen molar-refractivity contribution in [3.63, 3.8) is 0 Å². The topological polar surface area (TPSA) is 38.7 Å². The van der Waals surface area contributed by atoms with Crippen molar-refractivity contribution in [3.8, 4) is 44.9 Å². The van der Waals surface area contributed by atoms with E-state index in [1.54, 1.807) is 0 Å². The van der Waals surface area contributed by atoms with Crippen LogP contribution >= 0.6 is 0 Å². The quantitative estimate of drug-likeness (QED) is 0.182. The predicted molar refractivity (Wildman–Crippen MR) is 207 cm³/mol. The molecule has 0 amide bonds. The minimum absolute atomic E-state index is 0.195. The van der Waals surface area contributed by atoms with E-state index in [0.717, 1.165) is 39.9 Å². The van der Waals surface area contributed by atoms with Crippen LogP contribution in [0.15, 0.2) is 182 Å². The van der Waals surface area contributed by atoms with Crippen LogP contribution in [0.3, 0.4) is 0 Å². The molecule has 0 radical (unpaired) electrons. The summed E-state index contributed by atoms with van der Waals surface area (Å²) in [7, 11) is 0. The van der Waals surface area contributed by atoms with Gasteiger partial charge >= 0.3 is 0 Å². The Bertz CT molecular complexity index is 2540. The monoisotopic (exact) mass is 639 g/mol. The van der Waals surface area contributed by atoms with Crippen LogP contribution in [0, 0.1) is 0 Å². The highest BCUT2D eigenvalue weighted by molar-refractivity contribution is 5.97. The highest BCUT2D eigenvalue weighted by Gasteiger charge is 2.18. The van der Waals surface area contributed by atoms with Crippen LogP contribution in [0.25, 0.3) is 72.0 Å². The van der Waals surface area contributed by atoms with Crippen LogP contribution in [0.2, 0.25) is 0 Å². The third-order valence-electron chi connectivity index (χ3n) is 9.72. The van der Waals surface area contributed by atoms with E-state index < -0.39 is 0 Å². The molecule has 1 aliphatic carbocycles. The van der Waals surface area contributed by atoms with Gasteiger partial charge in [-0.1, -0.05) is 164 Å². The van der Waals surface area contributed by atoms with E-state index in [1.807, 2.05) is 18.5 Å². The molecule has 0 fully saturated rings. The number of rotatable bonds is 6. The lowest BCUT2D eigenvalue weighted by Crippen LogP contribution is -2.03. The van der Waals surface area contributed by atoms with Gasteiger partial charge in [-0.25, -0.2) is 9.97 Å². The molecule has 236 valence electrons. The molecule has 0 bridgehead atoms. The number of nitrogens with zero attached hydrogens (tertiary/aromatic N) is 3. The molecule has 0 saturated heterocycles. The summed E-state index contributed by atoms with van der Waals surface area (Å²) >= 11 is 0. The largest absolute Gasteiger partial charge is 0.264 e. The van der Waals surface area contributed by atoms with Crippen LogP contribution in [0.4, 0.5) is 0 Å². The van der Waals surface area contributed by atoms with Gasteiger partial charge in [0.15, 0.2) is 5.82 Å². The molecule has 0 aliphatic heterocycles. The van der Waals surface area contributed by atoms with Gasteiger partial charge in [0.1, 0.15) is 0 Å². The number of allylic oxidation sites excluding steroid dienone is 4. The van der Waals surface area contributed by atoms with E-state index in [1.165, 1.54) is 44.0 Å². The van der Waals surface area contributed by atoms with Gasteiger partial charge in [0.25, 0.3) is 0 Å². The van der Waals surface area contributed by atoms with Crippen molar-refractivity contribution in [1.29, 1.82) is 0 Å². The molecule has 6 aromatic carbocycles. The third kappa shape index (κ3) is 5.69. The van der Waals surface area contributed by atoms with Crippen LogP contribution in [0.1, 0.15) is 23.6 Å². The second-order valence-electron chi connectivity index (χ2n) is 12.8. The summed E-state index contributed by atoms with van der Waals surface area (Å²) < 4.78 is 0. The maximum Gasteiger partial charge on any atom is 0.160 e. The lowest BCUT2D eigenvalue weighted by Gasteiger charge is -2.19. The van der Waals surface area contributed by atoms with Gasteiger partial charge in [-0.3, -0.25) is 4.98 Å². The molecular weight excluding hydrogens is 607 g/mol. The van der Waals surface area contributed by atoms with Crippen molar-refractivity contribution in [2.24, 2.45) is 0 Å². The maximum atomic E-state index is 5.21. The molecule has 9 rings (SSSR count). The van der Waals surface area contributed by atoms with Gasteiger partial charge in [0.05, 0.1) is 11.4 Å². The fourth-order valence-corrected chi connectivity index (χ4v) is 7.12. The lowest BCUT2D eigenvalue weighted by molar-refractivity contribution is 0.858. The van der Waals surface area contributed by atoms with Crippen LogP contribution in [0.5, 0.6) is 0 Å². The predicted octanol–water partition coefficient (Wildman–Crippen LogP) is 12.0. The average molecular weight is 640 g/mol. The first kappa shape index (κ1) is 29.7. The van der Waals surface area contributed by atoms with E-state index >= 15 is 0 Å². The van der Waals surface area contributed by atoms with E-state index in [4.69, 9.17) is 9.97 Å². The van der Waals surface area contributed by atoms with Crippen LogP contribution < -0.4 is 0 Å². The van der Waals surface area contributed by atoms with E-state index in [-0.39, 0.29) is 5.92 Å². The number of pyridine rings is 1. The molecule has 2 aromatic heterocycles. The molecule has 1 unspecified atom stereocenters. The standard InChI is InChI=1S/C47H33N3/c1-2-10-32(11-3-1)33-20-24-36(25-21-33)45-29-46(39-16-8-15-38(28-39)44-31-48-30-40-13-5-7-18-43(40)44)50-47(49-45)37-26-22-35(23-27-37)42-19-9-14-34-12-4-6-17-41(34)42/h1-14,16-31,38H,15H2. The summed E-state index contributed by atoms with van der Waals surface area (Å²) in [4.78, 5) is 15.0. The Morgan fingerprint density at radius 1 is 0.480 bits per heavy atom. The van der Waals surface area contributed by atoms with Gasteiger partial charge in [-0.15, -0.1) is 0 Å². The van der Waals surface area contributed by atoms with Crippen molar-refractivity contribution in [2.45, 2.75) is 12.3 Å². The van der Waals surface area contributed by atoms with Crippen molar-refractivity contribution in [2.75, 3.05) is 0 Å². The van der Waals surface area contributed by atoms with Gasteiger partial charge in [0, 0.05) is 34.8 Å². The second-order valence-corrected chi connectivity index (χ2v) is 12.8. The van der Waals surface area contributed by atoms with Gasteiger partial charge in [0.2, 0.25) is 0 Å². The van der Waals surface area contributed by atoms with Gasteiger partial charge in [-0.05, 0) is 62.0 Å². The SMILES string of the molecule is C1=CC(c2cc(-c3ccc(-c4ccccc4)cc3)nc(-c3ccc(-c4cccc5ccccc45)cc3)n2)=CC(c2cncc3ccccc23)C1. The average Bonchev–Trinajstić information content (AvgIpc) is 3.21. The van der Waals surface area contributed by atoms with E-state index in [0.29, 0.717) is 5.82 Å². The smallest absolute Gasteiger partial charge is 0.160 e. The van der Waals surface area contributed by atoms with Crippen LogP contribution in [-0.2, 0) is 0 Å². The molecule has 3 heteroatoms. The Hall–Kier alpha value is -6.45. The molecule has 50 heavy (non-hydrogen) atoms. The van der Waals surface area contributed by atoms with Crippen molar-refractivity contribution >= 4 is 27.1 Å². The molecule has 1 aliphatic rings. The number of fused-ring (bicyclic) bond motifs is 2. The molecule has 3 nitrogen and oxygen atoms in total. The first-order chi connectivity index (χ1) is 24.8. The number of benzene rings is 6. The van der Waals surface area contributed by atoms with E-state index in [2.05, 4.69) is 169 Å². The lowest BCUT2D eigenvalue weighted by atomic mass is 9.87. The van der Waals surface area contributed by atoms with Gasteiger partial charge < -0.3 is 0 Å². The number of aromatic nitrogens is 3. The Morgan fingerprint density at radius 3 is 1.96 bits per heavy atom. The summed E-state index contributed by atoms with van der Waals surface area (Å²) in [6.07, 6.45) is 11.7. The van der Waals surface area contributed by atoms with Gasteiger partial charge in [-0.2, -0.15) is 0 Å². The fraction of sp³-hybridized carbons (Fsp3) is 0.0426.